The van der Waals surface area contributed by atoms with E-state index in [0.29, 0.717) is 5.41 Å². The van der Waals surface area contributed by atoms with Gasteiger partial charge in [-0.3, -0.25) is 0 Å². The summed E-state index contributed by atoms with van der Waals surface area (Å²) in [6, 6.07) is 0.741. The first-order chi connectivity index (χ1) is 7.53. The minimum Gasteiger partial charge on any atom is -0.306 e. The summed E-state index contributed by atoms with van der Waals surface area (Å²) in [6.45, 7) is 14.2. The van der Waals surface area contributed by atoms with Crippen LogP contribution in [0.15, 0.2) is 0 Å². The van der Waals surface area contributed by atoms with Crippen molar-refractivity contribution in [1.82, 2.24) is 9.80 Å². The van der Waals surface area contributed by atoms with Gasteiger partial charge in [0.1, 0.15) is 0 Å². The van der Waals surface area contributed by atoms with Gasteiger partial charge >= 0.3 is 0 Å². The number of likely N-dealkylation sites (tertiary alicyclic amines) is 2. The lowest BCUT2D eigenvalue weighted by Gasteiger charge is -2.25. The molecule has 1 atom stereocenters. The van der Waals surface area contributed by atoms with E-state index in [9.17, 15) is 0 Å². The molecule has 0 bridgehead atoms. The fraction of sp³-hybridized carbons (Fsp3) is 1.00. The van der Waals surface area contributed by atoms with Gasteiger partial charge in [-0.05, 0) is 52.2 Å². The molecular formula is C14H30N2. The molecule has 2 fully saturated rings. The second-order valence-corrected chi connectivity index (χ2v) is 6.01. The summed E-state index contributed by atoms with van der Waals surface area (Å²) < 4.78 is 0. The van der Waals surface area contributed by atoms with Gasteiger partial charge in [0.25, 0.3) is 0 Å². The van der Waals surface area contributed by atoms with Crippen molar-refractivity contribution in [3.63, 3.8) is 0 Å². The maximum atomic E-state index is 2.64. The molecule has 0 amide bonds. The van der Waals surface area contributed by atoms with Gasteiger partial charge in [0.2, 0.25) is 0 Å². The zero-order valence-corrected chi connectivity index (χ0v) is 11.9. The van der Waals surface area contributed by atoms with Crippen molar-refractivity contribution in [2.75, 3.05) is 33.2 Å². The Kier molecular flexibility index (Phi) is 5.26. The summed E-state index contributed by atoms with van der Waals surface area (Å²) in [6.07, 6.45) is 4.10. The topological polar surface area (TPSA) is 6.48 Å². The van der Waals surface area contributed by atoms with Crippen LogP contribution in [0.25, 0.3) is 0 Å². The Bertz CT molecular complexity index is 203. The van der Waals surface area contributed by atoms with Crippen molar-refractivity contribution in [2.45, 2.75) is 53.0 Å². The van der Waals surface area contributed by atoms with E-state index >= 15 is 0 Å². The fourth-order valence-corrected chi connectivity index (χ4v) is 2.90. The van der Waals surface area contributed by atoms with E-state index in [1.807, 2.05) is 0 Å². The summed E-state index contributed by atoms with van der Waals surface area (Å²) in [5.41, 5.74) is 0.666. The van der Waals surface area contributed by atoms with Gasteiger partial charge in [-0.2, -0.15) is 0 Å². The highest BCUT2D eigenvalue weighted by Gasteiger charge is 2.42. The molecule has 2 saturated heterocycles. The van der Waals surface area contributed by atoms with Crippen LogP contribution in [-0.2, 0) is 0 Å². The standard InChI is InChI=1S/C11H22N2.C3H8/c1-10(2)13-7-5-11(9-13)4-6-12(3)8-11;1-3-2/h10H,4-9H2,1-3H3;3H2,1-2H3. The Morgan fingerprint density at radius 3 is 2.00 bits per heavy atom. The number of hydrogen-bond donors (Lipinski definition) is 0. The highest BCUT2D eigenvalue weighted by Crippen LogP contribution is 2.39. The molecule has 0 radical (unpaired) electrons. The zero-order chi connectivity index (χ0) is 12.2. The van der Waals surface area contributed by atoms with Crippen LogP contribution in [0.3, 0.4) is 0 Å². The molecule has 2 aliphatic rings. The second-order valence-electron chi connectivity index (χ2n) is 6.01. The molecule has 2 rings (SSSR count). The summed E-state index contributed by atoms with van der Waals surface area (Å²) in [7, 11) is 2.26. The second kappa shape index (κ2) is 6.02. The van der Waals surface area contributed by atoms with Crippen LogP contribution in [0.5, 0.6) is 0 Å². The quantitative estimate of drug-likeness (QED) is 0.678. The smallest absolute Gasteiger partial charge is 0.00539 e. The maximum Gasteiger partial charge on any atom is 0.00539 e. The predicted octanol–water partition coefficient (Wildman–Crippen LogP) is 2.84. The molecule has 2 heteroatoms. The highest BCUT2D eigenvalue weighted by atomic mass is 15.2. The SMILES string of the molecule is CC(C)N1CCC2(CCN(C)C2)C1.CCC. The van der Waals surface area contributed by atoms with E-state index in [1.165, 1.54) is 45.4 Å². The van der Waals surface area contributed by atoms with Gasteiger partial charge < -0.3 is 9.80 Å². The third kappa shape index (κ3) is 3.46. The molecule has 1 spiro atoms. The van der Waals surface area contributed by atoms with Crippen molar-refractivity contribution in [1.29, 1.82) is 0 Å². The van der Waals surface area contributed by atoms with E-state index in [2.05, 4.69) is 44.5 Å². The van der Waals surface area contributed by atoms with Gasteiger partial charge in [-0.25, -0.2) is 0 Å². The Morgan fingerprint density at radius 2 is 1.62 bits per heavy atom. The first-order valence-electron chi connectivity index (χ1n) is 6.95. The van der Waals surface area contributed by atoms with Gasteiger partial charge in [0.05, 0.1) is 0 Å². The van der Waals surface area contributed by atoms with Crippen LogP contribution in [0, 0.1) is 5.41 Å². The van der Waals surface area contributed by atoms with Crippen LogP contribution in [0.4, 0.5) is 0 Å². The summed E-state index contributed by atoms with van der Waals surface area (Å²) >= 11 is 0. The van der Waals surface area contributed by atoms with Crippen molar-refractivity contribution in [2.24, 2.45) is 5.41 Å². The first-order valence-corrected chi connectivity index (χ1v) is 6.95. The van der Waals surface area contributed by atoms with Crippen LogP contribution < -0.4 is 0 Å². The summed E-state index contributed by atoms with van der Waals surface area (Å²) in [4.78, 5) is 5.13. The molecule has 0 aliphatic carbocycles. The third-order valence-corrected chi connectivity index (χ3v) is 3.83. The molecule has 0 aromatic rings. The van der Waals surface area contributed by atoms with Crippen molar-refractivity contribution >= 4 is 0 Å². The average molecular weight is 226 g/mol. The molecule has 0 aromatic carbocycles. The number of hydrogen-bond acceptors (Lipinski definition) is 2. The first kappa shape index (κ1) is 14.0. The Balaban J connectivity index is 0.000000386. The lowest BCUT2D eigenvalue weighted by molar-refractivity contribution is 0.223. The van der Waals surface area contributed by atoms with Crippen molar-refractivity contribution in [3.05, 3.63) is 0 Å². The van der Waals surface area contributed by atoms with E-state index in [0.717, 1.165) is 6.04 Å². The minimum absolute atomic E-state index is 0.666. The van der Waals surface area contributed by atoms with Crippen molar-refractivity contribution in [3.8, 4) is 0 Å². The largest absolute Gasteiger partial charge is 0.306 e. The van der Waals surface area contributed by atoms with E-state index in [1.54, 1.807) is 0 Å². The molecule has 0 N–H and O–H groups in total. The number of rotatable bonds is 1. The molecule has 2 heterocycles. The van der Waals surface area contributed by atoms with Gasteiger partial charge in [0, 0.05) is 19.1 Å². The lowest BCUT2D eigenvalue weighted by atomic mass is 9.86. The third-order valence-electron chi connectivity index (χ3n) is 3.83. The highest BCUT2D eigenvalue weighted by molar-refractivity contribution is 4.96. The van der Waals surface area contributed by atoms with E-state index < -0.39 is 0 Å². The average Bonchev–Trinajstić information content (AvgIpc) is 2.76. The molecule has 0 aromatic heterocycles. The normalized spacial score (nSPS) is 31.1. The monoisotopic (exact) mass is 226 g/mol. The van der Waals surface area contributed by atoms with Gasteiger partial charge in [-0.15, -0.1) is 0 Å². The van der Waals surface area contributed by atoms with Gasteiger partial charge in [-0.1, -0.05) is 20.3 Å². The molecular weight excluding hydrogens is 196 g/mol. The number of nitrogens with zero attached hydrogens (tertiary/aromatic N) is 2. The van der Waals surface area contributed by atoms with Crippen LogP contribution in [-0.4, -0.2) is 49.1 Å². The fourth-order valence-electron chi connectivity index (χ4n) is 2.90. The lowest BCUT2D eigenvalue weighted by Crippen LogP contribution is -2.33. The molecule has 0 saturated carbocycles. The maximum absolute atomic E-state index is 2.64. The molecule has 2 aliphatic heterocycles. The van der Waals surface area contributed by atoms with Crippen LogP contribution in [0.1, 0.15) is 47.0 Å². The van der Waals surface area contributed by atoms with Crippen molar-refractivity contribution < 1.29 is 0 Å². The molecule has 2 nitrogen and oxygen atoms in total. The summed E-state index contributed by atoms with van der Waals surface area (Å²) in [5, 5.41) is 0. The van der Waals surface area contributed by atoms with Crippen LogP contribution >= 0.6 is 0 Å². The Labute approximate surface area is 102 Å². The molecule has 16 heavy (non-hydrogen) atoms. The zero-order valence-electron chi connectivity index (χ0n) is 11.9. The molecule has 1 unspecified atom stereocenters. The van der Waals surface area contributed by atoms with Gasteiger partial charge in [0.15, 0.2) is 0 Å². The van der Waals surface area contributed by atoms with Crippen LogP contribution in [0.2, 0.25) is 0 Å². The van der Waals surface area contributed by atoms with E-state index in [4.69, 9.17) is 0 Å². The Hall–Kier alpha value is -0.0800. The van der Waals surface area contributed by atoms with E-state index in [-0.39, 0.29) is 0 Å². The summed E-state index contributed by atoms with van der Waals surface area (Å²) in [5.74, 6) is 0. The minimum atomic E-state index is 0.666. The predicted molar refractivity (Wildman–Crippen MR) is 71.8 cm³/mol. The Morgan fingerprint density at radius 1 is 1.06 bits per heavy atom. The molecule has 96 valence electrons.